The highest BCUT2D eigenvalue weighted by atomic mass is 32.2. The van der Waals surface area contributed by atoms with Gasteiger partial charge in [0.25, 0.3) is 0 Å². The number of carbonyl (C=O) groups excluding carboxylic acids is 2. The Balaban J connectivity index is 1.67. The first kappa shape index (κ1) is 23.5. The molecule has 0 aliphatic rings. The van der Waals surface area contributed by atoms with Crippen molar-refractivity contribution in [3.63, 3.8) is 0 Å². The summed E-state index contributed by atoms with van der Waals surface area (Å²) < 4.78 is 15.6. The molecule has 3 aromatic heterocycles. The number of fused-ring (bicyclic) bond motifs is 5. The smallest absolute Gasteiger partial charge is 0.313 e. The van der Waals surface area contributed by atoms with E-state index in [4.69, 9.17) is 31.7 Å². The van der Waals surface area contributed by atoms with E-state index in [1.165, 1.54) is 23.1 Å². The predicted molar refractivity (Wildman–Crippen MR) is 140 cm³/mol. The number of aromatic nitrogens is 4. The molecule has 0 aliphatic carbocycles. The van der Waals surface area contributed by atoms with Gasteiger partial charge in [0, 0.05) is 6.07 Å². The van der Waals surface area contributed by atoms with Gasteiger partial charge in [-0.1, -0.05) is 41.3 Å². The van der Waals surface area contributed by atoms with Gasteiger partial charge in [0.1, 0.15) is 16.9 Å². The van der Waals surface area contributed by atoms with Crippen LogP contribution in [0.4, 0.5) is 0 Å². The normalized spacial score (nSPS) is 11.4. The summed E-state index contributed by atoms with van der Waals surface area (Å²) in [5.74, 6) is 0.0192. The van der Waals surface area contributed by atoms with Crippen molar-refractivity contribution in [2.75, 3.05) is 19.5 Å². The Hall–Kier alpha value is -3.28. The molecule has 0 spiro atoms. The maximum atomic E-state index is 12.5. The fraction of sp³-hybridized carbons (Fsp3) is 0.208. The van der Waals surface area contributed by atoms with E-state index >= 15 is 0 Å². The number of imidazole rings is 1. The molecule has 0 atom stereocenters. The number of rotatable bonds is 8. The Morgan fingerprint density at radius 1 is 1.11 bits per heavy atom. The second-order valence-corrected chi connectivity index (χ2v) is 10.1. The number of esters is 1. The first-order valence-electron chi connectivity index (χ1n) is 10.8. The van der Waals surface area contributed by atoms with Gasteiger partial charge in [-0.25, -0.2) is 9.97 Å². The number of Topliss-reactive ketones (excluding diaryl/α,β-unsaturated/α-hetero) is 1. The van der Waals surface area contributed by atoms with E-state index < -0.39 is 5.97 Å². The summed E-state index contributed by atoms with van der Waals surface area (Å²) in [7, 11) is 1.62. The summed E-state index contributed by atoms with van der Waals surface area (Å²) in [5, 5.41) is 0.586. The van der Waals surface area contributed by atoms with E-state index in [1.807, 2.05) is 57.5 Å². The van der Waals surface area contributed by atoms with Crippen molar-refractivity contribution >= 4 is 74.1 Å². The monoisotopic (exact) mass is 524 g/mol. The lowest BCUT2D eigenvalue weighted by Crippen LogP contribution is -2.13. The fourth-order valence-corrected chi connectivity index (χ4v) is 5.98. The minimum atomic E-state index is -0.524. The number of hydrogen-bond acceptors (Lipinski definition) is 9. The summed E-state index contributed by atoms with van der Waals surface area (Å²) in [6, 6.07) is 15.4. The van der Waals surface area contributed by atoms with Gasteiger partial charge in [0.2, 0.25) is 0 Å². The number of benzene rings is 2. The number of ether oxygens (including phenoxy) is 2. The van der Waals surface area contributed by atoms with Crippen molar-refractivity contribution in [2.45, 2.75) is 18.5 Å². The number of methoxy groups -OCH3 is 1. The molecule has 5 aromatic rings. The fourth-order valence-electron chi connectivity index (χ4n) is 3.77. The van der Waals surface area contributed by atoms with Crippen molar-refractivity contribution in [1.82, 2.24) is 18.9 Å². The lowest BCUT2D eigenvalue weighted by atomic mass is 10.3. The van der Waals surface area contributed by atoms with Gasteiger partial charge in [-0.3, -0.25) is 18.6 Å². The Morgan fingerprint density at radius 3 is 2.74 bits per heavy atom. The minimum absolute atomic E-state index is 0.0724. The molecule has 0 aliphatic heterocycles. The molecule has 11 heteroatoms. The zero-order valence-corrected chi connectivity index (χ0v) is 21.3. The van der Waals surface area contributed by atoms with E-state index in [2.05, 4.69) is 0 Å². The Labute approximate surface area is 213 Å². The average Bonchev–Trinajstić information content (AvgIpc) is 3.40. The van der Waals surface area contributed by atoms with E-state index in [9.17, 15) is 9.59 Å². The molecule has 35 heavy (non-hydrogen) atoms. The summed E-state index contributed by atoms with van der Waals surface area (Å²) in [6.45, 7) is 1.95. The molecule has 0 saturated carbocycles. The summed E-state index contributed by atoms with van der Waals surface area (Å²) in [6.07, 6.45) is -0.268. The van der Waals surface area contributed by atoms with Crippen LogP contribution in [0, 0.1) is 3.95 Å². The highest BCUT2D eigenvalue weighted by Gasteiger charge is 2.21. The Bertz CT molecular complexity index is 1650. The van der Waals surface area contributed by atoms with Gasteiger partial charge in [0.05, 0.1) is 36.2 Å². The summed E-state index contributed by atoms with van der Waals surface area (Å²) >= 11 is 8.42. The van der Waals surface area contributed by atoms with Crippen molar-refractivity contribution in [3.05, 3.63) is 52.5 Å². The topological polar surface area (TPSA) is 87.7 Å². The third-order valence-electron chi connectivity index (χ3n) is 5.26. The predicted octanol–water partition coefficient (Wildman–Crippen LogP) is 5.24. The van der Waals surface area contributed by atoms with Crippen LogP contribution in [0.5, 0.6) is 5.75 Å². The Morgan fingerprint density at radius 2 is 1.94 bits per heavy atom. The minimum Gasteiger partial charge on any atom is -0.497 e. The summed E-state index contributed by atoms with van der Waals surface area (Å²) in [5.41, 5.74) is 3.88. The lowest BCUT2D eigenvalue weighted by molar-refractivity contribution is -0.145. The van der Waals surface area contributed by atoms with Gasteiger partial charge in [0.15, 0.2) is 26.2 Å². The van der Waals surface area contributed by atoms with E-state index in [0.29, 0.717) is 26.2 Å². The molecule has 3 heterocycles. The lowest BCUT2D eigenvalue weighted by Gasteiger charge is -2.09. The van der Waals surface area contributed by atoms with Crippen LogP contribution >= 0.6 is 35.3 Å². The quantitative estimate of drug-likeness (QED) is 0.0895. The second-order valence-electron chi connectivity index (χ2n) is 7.52. The standard InChI is InChI=1S/C24H20N4O4S3/c1-3-32-19(30)12-15(29)13-34-23-26-22-20(21-25-17-9-4-5-10-18(17)28(21)23)35-24(33)27(22)14-7-6-8-16(11-14)31-2/h4-11H,3,12-13H2,1-2H3. The molecule has 0 amide bonds. The number of carbonyl (C=O) groups is 2. The van der Waals surface area contributed by atoms with Crippen LogP contribution in [0.3, 0.4) is 0 Å². The SMILES string of the molecule is CCOC(=O)CC(=O)CSc1nc2c(sc(=S)n2-c2cccc(OC)c2)c2nc3ccccc3n12. The van der Waals surface area contributed by atoms with Crippen LogP contribution in [-0.2, 0) is 14.3 Å². The first-order valence-corrected chi connectivity index (χ1v) is 13.0. The van der Waals surface area contributed by atoms with Gasteiger partial charge in [-0.05, 0) is 43.4 Å². The number of hydrogen-bond donors (Lipinski definition) is 0. The zero-order chi connectivity index (χ0) is 24.5. The molecule has 178 valence electrons. The zero-order valence-electron chi connectivity index (χ0n) is 18.9. The Kier molecular flexibility index (Phi) is 6.54. The van der Waals surface area contributed by atoms with Crippen LogP contribution < -0.4 is 4.74 Å². The van der Waals surface area contributed by atoms with E-state index in [0.717, 1.165) is 21.4 Å². The largest absolute Gasteiger partial charge is 0.497 e. The maximum Gasteiger partial charge on any atom is 0.313 e. The molecular weight excluding hydrogens is 504 g/mol. The third-order valence-corrected chi connectivity index (χ3v) is 7.62. The van der Waals surface area contributed by atoms with Crippen LogP contribution in [0.25, 0.3) is 32.7 Å². The van der Waals surface area contributed by atoms with Crippen LogP contribution in [-0.4, -0.2) is 50.2 Å². The van der Waals surface area contributed by atoms with Gasteiger partial charge >= 0.3 is 5.97 Å². The molecular formula is C24H20N4O4S3. The van der Waals surface area contributed by atoms with Crippen LogP contribution in [0.1, 0.15) is 13.3 Å². The van der Waals surface area contributed by atoms with Crippen molar-refractivity contribution in [1.29, 1.82) is 0 Å². The molecule has 0 bridgehead atoms. The maximum absolute atomic E-state index is 12.5. The molecule has 0 saturated heterocycles. The number of thioether (sulfide) groups is 1. The second kappa shape index (κ2) is 9.76. The highest BCUT2D eigenvalue weighted by Crippen LogP contribution is 2.34. The molecule has 5 rings (SSSR count). The molecule has 0 fully saturated rings. The van der Waals surface area contributed by atoms with Crippen molar-refractivity contribution in [2.24, 2.45) is 0 Å². The van der Waals surface area contributed by atoms with Crippen LogP contribution in [0.15, 0.2) is 53.7 Å². The van der Waals surface area contributed by atoms with Crippen LogP contribution in [0.2, 0.25) is 0 Å². The average molecular weight is 525 g/mol. The third kappa shape index (κ3) is 4.42. The molecule has 8 nitrogen and oxygen atoms in total. The number of para-hydroxylation sites is 2. The molecule has 0 radical (unpaired) electrons. The number of nitrogens with zero attached hydrogens (tertiary/aromatic N) is 4. The first-order chi connectivity index (χ1) is 17.0. The highest BCUT2D eigenvalue weighted by molar-refractivity contribution is 7.99. The van der Waals surface area contributed by atoms with Gasteiger partial charge in [-0.15, -0.1) is 0 Å². The molecule has 2 aromatic carbocycles. The van der Waals surface area contributed by atoms with Gasteiger partial charge in [-0.2, -0.15) is 0 Å². The van der Waals surface area contributed by atoms with Gasteiger partial charge < -0.3 is 9.47 Å². The van der Waals surface area contributed by atoms with Crippen molar-refractivity contribution < 1.29 is 19.1 Å². The van der Waals surface area contributed by atoms with E-state index in [-0.39, 0.29) is 24.6 Å². The van der Waals surface area contributed by atoms with Crippen molar-refractivity contribution in [3.8, 4) is 11.4 Å². The van der Waals surface area contributed by atoms with E-state index in [1.54, 1.807) is 14.0 Å². The summed E-state index contributed by atoms with van der Waals surface area (Å²) in [4.78, 5) is 34.0. The molecule has 0 unspecified atom stereocenters. The number of ketones is 1. The molecule has 0 N–H and O–H groups in total. The number of thiazole rings is 1.